The minimum Gasteiger partial charge on any atom is -0.258 e. The Balaban J connectivity index is 1.89. The molecule has 3 aromatic rings. The zero-order chi connectivity index (χ0) is 18.7. The van der Waals surface area contributed by atoms with Gasteiger partial charge in [-0.2, -0.15) is 0 Å². The summed E-state index contributed by atoms with van der Waals surface area (Å²) < 4.78 is 0. The summed E-state index contributed by atoms with van der Waals surface area (Å²) in [5.74, 6) is 0. The zero-order valence-corrected chi connectivity index (χ0v) is 14.3. The molecule has 0 unspecified atom stereocenters. The van der Waals surface area contributed by atoms with Crippen molar-refractivity contribution < 1.29 is 9.85 Å². The molecule has 0 fully saturated rings. The third-order valence-corrected chi connectivity index (χ3v) is 4.45. The Morgan fingerprint density at radius 3 is 2.50 bits per heavy atom. The van der Waals surface area contributed by atoms with Crippen LogP contribution in [-0.4, -0.2) is 26.3 Å². The van der Waals surface area contributed by atoms with Crippen LogP contribution in [0.2, 0.25) is 5.02 Å². The molecule has 0 bridgehead atoms. The molecule has 11 heteroatoms. The van der Waals surface area contributed by atoms with Crippen LogP contribution < -0.4 is 0 Å². The van der Waals surface area contributed by atoms with Gasteiger partial charge in [0.05, 0.1) is 15.4 Å². The van der Waals surface area contributed by atoms with Crippen LogP contribution in [0, 0.1) is 20.2 Å². The fourth-order valence-electron chi connectivity index (χ4n) is 2.06. The van der Waals surface area contributed by atoms with Crippen LogP contribution in [0.3, 0.4) is 0 Å². The monoisotopic (exact) mass is 389 g/mol. The van der Waals surface area contributed by atoms with E-state index in [0.29, 0.717) is 16.1 Å². The SMILES string of the molecule is O=[N+]([O-])c1cc(-c2nnc(N=Cc3ccccc3[N+](=O)[O-])s2)ccc1Cl. The quantitative estimate of drug-likeness (QED) is 0.361. The summed E-state index contributed by atoms with van der Waals surface area (Å²) in [6.07, 6.45) is 1.33. The molecule has 0 aliphatic carbocycles. The van der Waals surface area contributed by atoms with Crippen LogP contribution in [0.4, 0.5) is 16.5 Å². The van der Waals surface area contributed by atoms with Gasteiger partial charge >= 0.3 is 0 Å². The first kappa shape index (κ1) is 17.6. The molecule has 0 radical (unpaired) electrons. The molecule has 1 heterocycles. The van der Waals surface area contributed by atoms with Gasteiger partial charge in [0.25, 0.3) is 11.4 Å². The Morgan fingerprint density at radius 1 is 1.04 bits per heavy atom. The second kappa shape index (κ2) is 7.33. The molecule has 0 saturated heterocycles. The zero-order valence-electron chi connectivity index (χ0n) is 12.8. The van der Waals surface area contributed by atoms with Crippen LogP contribution in [0.1, 0.15) is 5.56 Å². The van der Waals surface area contributed by atoms with Gasteiger partial charge in [0.2, 0.25) is 5.13 Å². The van der Waals surface area contributed by atoms with Gasteiger partial charge in [-0.15, -0.1) is 10.2 Å². The van der Waals surface area contributed by atoms with E-state index >= 15 is 0 Å². The summed E-state index contributed by atoms with van der Waals surface area (Å²) >= 11 is 6.88. The number of aliphatic imine (C=N–C) groups is 1. The molecule has 130 valence electrons. The van der Waals surface area contributed by atoms with E-state index in [-0.39, 0.29) is 21.5 Å². The number of para-hydroxylation sites is 1. The maximum Gasteiger partial charge on any atom is 0.288 e. The van der Waals surface area contributed by atoms with Gasteiger partial charge in [0.15, 0.2) is 0 Å². The Hall–Kier alpha value is -3.24. The topological polar surface area (TPSA) is 124 Å². The Morgan fingerprint density at radius 2 is 1.77 bits per heavy atom. The van der Waals surface area contributed by atoms with Crippen molar-refractivity contribution in [1.82, 2.24) is 10.2 Å². The first-order chi connectivity index (χ1) is 12.5. The fraction of sp³-hybridized carbons (Fsp3) is 0. The van der Waals surface area contributed by atoms with E-state index in [9.17, 15) is 20.2 Å². The predicted octanol–water partition coefficient (Wildman–Crippen LogP) is 4.43. The molecule has 0 N–H and O–H groups in total. The van der Waals surface area contributed by atoms with Crippen LogP contribution in [0.5, 0.6) is 0 Å². The third kappa shape index (κ3) is 3.71. The summed E-state index contributed by atoms with van der Waals surface area (Å²) in [7, 11) is 0. The number of hydrogen-bond donors (Lipinski definition) is 0. The van der Waals surface area contributed by atoms with E-state index in [4.69, 9.17) is 11.6 Å². The molecule has 26 heavy (non-hydrogen) atoms. The lowest BCUT2D eigenvalue weighted by atomic mass is 10.2. The highest BCUT2D eigenvalue weighted by Gasteiger charge is 2.16. The van der Waals surface area contributed by atoms with Gasteiger partial charge in [-0.05, 0) is 18.2 Å². The van der Waals surface area contributed by atoms with Crippen molar-refractivity contribution in [2.45, 2.75) is 0 Å². The average Bonchev–Trinajstić information content (AvgIpc) is 3.09. The van der Waals surface area contributed by atoms with Gasteiger partial charge < -0.3 is 0 Å². The van der Waals surface area contributed by atoms with E-state index in [1.165, 1.54) is 24.4 Å². The minimum absolute atomic E-state index is 0.0258. The lowest BCUT2D eigenvalue weighted by molar-refractivity contribution is -0.385. The number of aromatic nitrogens is 2. The first-order valence-corrected chi connectivity index (χ1v) is 8.20. The molecule has 0 aliphatic rings. The minimum atomic E-state index is -0.583. The number of hydrogen-bond acceptors (Lipinski definition) is 8. The number of nitro groups is 2. The molecule has 3 rings (SSSR count). The summed E-state index contributed by atoms with van der Waals surface area (Å²) in [4.78, 5) is 25.0. The lowest BCUT2D eigenvalue weighted by Gasteiger charge is -1.97. The Kier molecular flexibility index (Phi) is 4.96. The number of nitrogens with zero attached hydrogens (tertiary/aromatic N) is 5. The maximum absolute atomic E-state index is 11.0. The molecular weight excluding hydrogens is 382 g/mol. The normalized spacial score (nSPS) is 11.0. The van der Waals surface area contributed by atoms with Crippen molar-refractivity contribution in [3.8, 4) is 10.6 Å². The molecule has 0 amide bonds. The number of halogens is 1. The smallest absolute Gasteiger partial charge is 0.258 e. The molecule has 1 aromatic heterocycles. The van der Waals surface area contributed by atoms with Crippen LogP contribution in [-0.2, 0) is 0 Å². The van der Waals surface area contributed by atoms with Crippen molar-refractivity contribution in [2.24, 2.45) is 4.99 Å². The Labute approximate surface area is 154 Å². The van der Waals surface area contributed by atoms with Gasteiger partial charge in [-0.3, -0.25) is 20.2 Å². The van der Waals surface area contributed by atoms with E-state index in [1.54, 1.807) is 24.3 Å². The summed E-state index contributed by atoms with van der Waals surface area (Å²) in [6, 6.07) is 10.5. The summed E-state index contributed by atoms with van der Waals surface area (Å²) in [5.41, 5.74) is 0.501. The highest BCUT2D eigenvalue weighted by Crippen LogP contribution is 2.33. The second-order valence-corrected chi connectivity index (χ2v) is 6.25. The van der Waals surface area contributed by atoms with Crippen molar-refractivity contribution in [3.63, 3.8) is 0 Å². The van der Waals surface area contributed by atoms with E-state index in [0.717, 1.165) is 11.3 Å². The largest absolute Gasteiger partial charge is 0.288 e. The van der Waals surface area contributed by atoms with Crippen LogP contribution in [0.15, 0.2) is 47.5 Å². The van der Waals surface area contributed by atoms with Gasteiger partial charge in [0, 0.05) is 23.9 Å². The summed E-state index contributed by atoms with van der Waals surface area (Å²) in [5, 5.41) is 30.5. The number of benzene rings is 2. The molecule has 0 aliphatic heterocycles. The predicted molar refractivity (Wildman–Crippen MR) is 97.4 cm³/mol. The van der Waals surface area contributed by atoms with Crippen LogP contribution in [0.25, 0.3) is 10.6 Å². The second-order valence-electron chi connectivity index (χ2n) is 4.89. The standard InChI is InChI=1S/C15H8ClN5O4S/c16-11-6-5-9(7-13(11)21(24)25)14-18-19-15(26-14)17-8-10-3-1-2-4-12(10)20(22)23/h1-8H. The Bertz CT molecular complexity index is 1040. The lowest BCUT2D eigenvalue weighted by Crippen LogP contribution is -1.93. The molecule has 0 saturated carbocycles. The van der Waals surface area contributed by atoms with Gasteiger partial charge in [-0.1, -0.05) is 35.1 Å². The molecule has 0 atom stereocenters. The third-order valence-electron chi connectivity index (χ3n) is 3.25. The van der Waals surface area contributed by atoms with E-state index in [1.807, 2.05) is 0 Å². The van der Waals surface area contributed by atoms with E-state index in [2.05, 4.69) is 15.2 Å². The van der Waals surface area contributed by atoms with Crippen molar-refractivity contribution in [2.75, 3.05) is 0 Å². The van der Waals surface area contributed by atoms with Crippen molar-refractivity contribution in [3.05, 3.63) is 73.3 Å². The van der Waals surface area contributed by atoms with Crippen molar-refractivity contribution >= 4 is 45.7 Å². The van der Waals surface area contributed by atoms with Crippen LogP contribution >= 0.6 is 22.9 Å². The van der Waals surface area contributed by atoms with Gasteiger partial charge in [-0.25, -0.2) is 4.99 Å². The van der Waals surface area contributed by atoms with Gasteiger partial charge in [0.1, 0.15) is 10.0 Å². The fourth-order valence-corrected chi connectivity index (χ4v) is 2.93. The highest BCUT2D eigenvalue weighted by atomic mass is 35.5. The van der Waals surface area contributed by atoms with Crippen molar-refractivity contribution in [1.29, 1.82) is 0 Å². The van der Waals surface area contributed by atoms with E-state index < -0.39 is 9.85 Å². The average molecular weight is 390 g/mol. The number of nitro benzene ring substituents is 2. The molecular formula is C15H8ClN5O4S. The number of rotatable bonds is 5. The molecule has 2 aromatic carbocycles. The highest BCUT2D eigenvalue weighted by molar-refractivity contribution is 7.18. The first-order valence-electron chi connectivity index (χ1n) is 7.01. The summed E-state index contributed by atoms with van der Waals surface area (Å²) in [6.45, 7) is 0. The maximum atomic E-state index is 11.0. The molecule has 9 nitrogen and oxygen atoms in total. The molecule has 0 spiro atoms.